The van der Waals surface area contributed by atoms with Gasteiger partial charge in [0.2, 0.25) is 5.72 Å². The Kier molecular flexibility index (Phi) is 4.11. The predicted molar refractivity (Wildman–Crippen MR) is 113 cm³/mol. The van der Waals surface area contributed by atoms with Gasteiger partial charge in [-0.2, -0.15) is 5.10 Å². The Balaban J connectivity index is 1.64. The van der Waals surface area contributed by atoms with Gasteiger partial charge in [-0.1, -0.05) is 17.7 Å². The molecule has 0 amide bonds. The smallest absolute Gasteiger partial charge is 0.269 e. The Morgan fingerprint density at radius 2 is 2.07 bits per heavy atom. The van der Waals surface area contributed by atoms with Crippen LogP contribution < -0.4 is 4.74 Å². The highest BCUT2D eigenvalue weighted by molar-refractivity contribution is 7.12. The molecule has 146 valence electrons. The number of hydrogen-bond donors (Lipinski definition) is 0. The van der Waals surface area contributed by atoms with E-state index in [1.165, 1.54) is 12.1 Å². The Labute approximate surface area is 176 Å². The number of non-ortho nitro benzene ring substituents is 1. The van der Waals surface area contributed by atoms with E-state index in [1.807, 2.05) is 41.6 Å². The second-order valence-corrected chi connectivity index (χ2v) is 8.54. The fraction of sp³-hybridized carbons (Fsp3) is 0.190. The first-order valence-electron chi connectivity index (χ1n) is 9.10. The molecule has 0 spiro atoms. The summed E-state index contributed by atoms with van der Waals surface area (Å²) in [5, 5.41) is 20.6. The summed E-state index contributed by atoms with van der Waals surface area (Å²) in [6.07, 6.45) is 0.736. The van der Waals surface area contributed by atoms with Crippen LogP contribution in [-0.4, -0.2) is 15.6 Å². The largest absolute Gasteiger partial charge is 0.462 e. The zero-order valence-corrected chi connectivity index (χ0v) is 17.0. The first kappa shape index (κ1) is 18.1. The molecule has 8 heteroatoms. The van der Waals surface area contributed by atoms with E-state index in [-0.39, 0.29) is 11.7 Å². The lowest BCUT2D eigenvalue weighted by molar-refractivity contribution is -0.384. The van der Waals surface area contributed by atoms with Gasteiger partial charge in [0.1, 0.15) is 5.75 Å². The minimum Gasteiger partial charge on any atom is -0.462 e. The second kappa shape index (κ2) is 6.57. The summed E-state index contributed by atoms with van der Waals surface area (Å²) in [5.74, 6) is 0.749. The number of rotatable bonds is 3. The van der Waals surface area contributed by atoms with Gasteiger partial charge in [-0.15, -0.1) is 11.3 Å². The van der Waals surface area contributed by atoms with Gasteiger partial charge in [0.25, 0.3) is 5.69 Å². The van der Waals surface area contributed by atoms with Gasteiger partial charge in [0.15, 0.2) is 0 Å². The zero-order chi connectivity index (χ0) is 20.2. The van der Waals surface area contributed by atoms with E-state index in [4.69, 9.17) is 21.4 Å². The van der Waals surface area contributed by atoms with Crippen LogP contribution in [0.25, 0.3) is 0 Å². The minimum atomic E-state index is -0.903. The maximum atomic E-state index is 11.1. The van der Waals surface area contributed by atoms with E-state index >= 15 is 0 Å². The number of thiophene rings is 1. The highest BCUT2D eigenvalue weighted by atomic mass is 35.5. The third-order valence-electron chi connectivity index (χ3n) is 5.41. The quantitative estimate of drug-likeness (QED) is 0.397. The van der Waals surface area contributed by atoms with E-state index in [2.05, 4.69) is 6.07 Å². The van der Waals surface area contributed by atoms with Crippen molar-refractivity contribution in [1.29, 1.82) is 0 Å². The Hall–Kier alpha value is -2.90. The van der Waals surface area contributed by atoms with Crippen LogP contribution in [0.3, 0.4) is 0 Å². The van der Waals surface area contributed by atoms with Gasteiger partial charge in [-0.25, -0.2) is 5.01 Å². The number of hydrazone groups is 1. The van der Waals surface area contributed by atoms with Crippen molar-refractivity contribution in [2.45, 2.75) is 25.1 Å². The lowest BCUT2D eigenvalue weighted by atomic mass is 9.93. The van der Waals surface area contributed by atoms with Crippen LogP contribution in [-0.2, 0) is 5.72 Å². The fourth-order valence-electron chi connectivity index (χ4n) is 3.95. The minimum absolute atomic E-state index is 0.0326. The molecule has 3 heterocycles. The molecular weight excluding hydrogens is 410 g/mol. The molecule has 0 saturated carbocycles. The summed E-state index contributed by atoms with van der Waals surface area (Å²) >= 11 is 7.92. The molecule has 0 radical (unpaired) electrons. The molecule has 2 unspecified atom stereocenters. The van der Waals surface area contributed by atoms with Crippen LogP contribution in [0.15, 0.2) is 65.1 Å². The monoisotopic (exact) mass is 425 g/mol. The van der Waals surface area contributed by atoms with Crippen LogP contribution in [0, 0.1) is 10.1 Å². The van der Waals surface area contributed by atoms with Gasteiger partial charge in [0.05, 0.1) is 21.6 Å². The molecule has 2 aliphatic rings. The molecule has 0 fully saturated rings. The summed E-state index contributed by atoms with van der Waals surface area (Å²) < 4.78 is 6.43. The summed E-state index contributed by atoms with van der Waals surface area (Å²) in [6, 6.07) is 16.1. The molecule has 2 aliphatic heterocycles. The third kappa shape index (κ3) is 2.89. The van der Waals surface area contributed by atoms with Crippen molar-refractivity contribution in [3.8, 4) is 5.75 Å². The molecule has 0 aliphatic carbocycles. The average molecular weight is 426 g/mol. The summed E-state index contributed by atoms with van der Waals surface area (Å²) in [6.45, 7) is 1.94. The second-order valence-electron chi connectivity index (χ2n) is 7.16. The standard InChI is InChI=1S/C21H16ClN3O3S/c1-21(13-4-7-15(8-5-13)25(26)27)24-18(12-17(23-24)20-3-2-10-29-20)16-11-14(22)6-9-19(16)28-21/h2-11,18H,12H2,1H3. The van der Waals surface area contributed by atoms with Crippen molar-refractivity contribution in [3.63, 3.8) is 0 Å². The zero-order valence-electron chi connectivity index (χ0n) is 15.4. The topological polar surface area (TPSA) is 68.0 Å². The van der Waals surface area contributed by atoms with E-state index in [0.717, 1.165) is 33.9 Å². The number of ether oxygens (including phenoxy) is 1. The third-order valence-corrected chi connectivity index (χ3v) is 6.56. The Morgan fingerprint density at radius 3 is 2.76 bits per heavy atom. The van der Waals surface area contributed by atoms with Crippen LogP contribution in [0.5, 0.6) is 5.75 Å². The van der Waals surface area contributed by atoms with Gasteiger partial charge < -0.3 is 4.74 Å². The number of nitrogens with zero attached hydrogens (tertiary/aromatic N) is 3. The molecule has 2 aromatic carbocycles. The normalized spacial score (nSPS) is 22.5. The average Bonchev–Trinajstić information content (AvgIpc) is 3.39. The van der Waals surface area contributed by atoms with Crippen molar-refractivity contribution in [3.05, 3.63) is 91.1 Å². The number of halogens is 1. The lowest BCUT2D eigenvalue weighted by Crippen LogP contribution is -2.48. The number of nitro benzene ring substituents is 1. The highest BCUT2D eigenvalue weighted by Crippen LogP contribution is 2.51. The van der Waals surface area contributed by atoms with Crippen LogP contribution in [0.2, 0.25) is 5.02 Å². The summed E-state index contributed by atoms with van der Waals surface area (Å²) in [7, 11) is 0. The number of benzene rings is 2. The first-order chi connectivity index (χ1) is 14.0. The van der Waals surface area contributed by atoms with E-state index in [9.17, 15) is 10.1 Å². The Bertz CT molecular complexity index is 1130. The fourth-order valence-corrected chi connectivity index (χ4v) is 4.86. The number of fused-ring (bicyclic) bond motifs is 3. The molecule has 6 nitrogen and oxygen atoms in total. The van der Waals surface area contributed by atoms with Crippen molar-refractivity contribution in [2.75, 3.05) is 0 Å². The maximum Gasteiger partial charge on any atom is 0.269 e. The molecule has 0 N–H and O–H groups in total. The van der Waals surface area contributed by atoms with E-state index < -0.39 is 10.6 Å². The van der Waals surface area contributed by atoms with Crippen molar-refractivity contribution in [2.24, 2.45) is 5.10 Å². The predicted octanol–water partition coefficient (Wildman–Crippen LogP) is 5.73. The van der Waals surface area contributed by atoms with Gasteiger partial charge >= 0.3 is 0 Å². The molecular formula is C21H16ClN3O3S. The molecule has 29 heavy (non-hydrogen) atoms. The summed E-state index contributed by atoms with van der Waals surface area (Å²) in [5.41, 5.74) is 1.92. The van der Waals surface area contributed by atoms with Crippen molar-refractivity contribution in [1.82, 2.24) is 5.01 Å². The molecule has 0 saturated heterocycles. The van der Waals surface area contributed by atoms with Gasteiger partial charge in [-0.3, -0.25) is 10.1 Å². The summed E-state index contributed by atoms with van der Waals surface area (Å²) in [4.78, 5) is 11.8. The lowest BCUT2D eigenvalue weighted by Gasteiger charge is -2.46. The number of hydrogen-bond acceptors (Lipinski definition) is 6. The van der Waals surface area contributed by atoms with E-state index in [0.29, 0.717) is 5.02 Å². The van der Waals surface area contributed by atoms with Gasteiger partial charge in [-0.05, 0) is 41.8 Å². The van der Waals surface area contributed by atoms with Crippen molar-refractivity contribution < 1.29 is 9.66 Å². The van der Waals surface area contributed by atoms with Crippen molar-refractivity contribution >= 4 is 34.3 Å². The SMILES string of the molecule is CC1(c2ccc([N+](=O)[O-])cc2)Oc2ccc(Cl)cc2C2CC(c3cccs3)=NN21. The maximum absolute atomic E-state index is 11.1. The van der Waals surface area contributed by atoms with Crippen LogP contribution in [0.1, 0.15) is 35.4 Å². The van der Waals surface area contributed by atoms with Gasteiger partial charge in [0, 0.05) is 41.6 Å². The molecule has 1 aromatic heterocycles. The molecule has 5 rings (SSSR count). The number of nitro groups is 1. The van der Waals surface area contributed by atoms with Crippen LogP contribution >= 0.6 is 22.9 Å². The molecule has 0 bridgehead atoms. The Morgan fingerprint density at radius 1 is 1.28 bits per heavy atom. The first-order valence-corrected chi connectivity index (χ1v) is 10.4. The highest BCUT2D eigenvalue weighted by Gasteiger charge is 2.49. The van der Waals surface area contributed by atoms with E-state index in [1.54, 1.807) is 23.5 Å². The molecule has 3 aromatic rings. The molecule has 2 atom stereocenters. The van der Waals surface area contributed by atoms with Crippen LogP contribution in [0.4, 0.5) is 5.69 Å².